The minimum absolute atomic E-state index is 0.0267. The summed E-state index contributed by atoms with van der Waals surface area (Å²) in [5.41, 5.74) is 2.33. The van der Waals surface area contributed by atoms with E-state index in [9.17, 15) is 14.4 Å². The summed E-state index contributed by atoms with van der Waals surface area (Å²) in [6.07, 6.45) is 5.25. The van der Waals surface area contributed by atoms with Gasteiger partial charge in [-0.05, 0) is 37.1 Å². The lowest BCUT2D eigenvalue weighted by atomic mass is 10.1. The molecule has 2 heterocycles. The highest BCUT2D eigenvalue weighted by Gasteiger charge is 2.27. The predicted molar refractivity (Wildman–Crippen MR) is 132 cm³/mol. The molecule has 7 heteroatoms. The summed E-state index contributed by atoms with van der Waals surface area (Å²) in [6.45, 7) is 5.92. The molecule has 1 saturated heterocycles. The van der Waals surface area contributed by atoms with E-state index in [-0.39, 0.29) is 24.2 Å². The largest absolute Gasteiger partial charge is 0.482 e. The minimum Gasteiger partial charge on any atom is -0.482 e. The number of hydrogen-bond acceptors (Lipinski definition) is 5. The fourth-order valence-corrected chi connectivity index (χ4v) is 4.29. The summed E-state index contributed by atoms with van der Waals surface area (Å²) in [6, 6.07) is 15.4. The van der Waals surface area contributed by atoms with Crippen LogP contribution in [-0.4, -0.2) is 73.3 Å². The first-order valence-electron chi connectivity index (χ1n) is 11.8. The van der Waals surface area contributed by atoms with Gasteiger partial charge in [-0.2, -0.15) is 0 Å². The van der Waals surface area contributed by atoms with Gasteiger partial charge < -0.3 is 14.5 Å². The molecule has 0 aromatic heterocycles. The Bertz CT molecular complexity index is 1060. The monoisotopic (exact) mass is 461 g/mol. The molecule has 2 aliphatic rings. The quantitative estimate of drug-likeness (QED) is 0.565. The number of rotatable bonds is 8. The van der Waals surface area contributed by atoms with Gasteiger partial charge in [0.25, 0.3) is 5.91 Å². The van der Waals surface area contributed by atoms with Crippen LogP contribution in [0.2, 0.25) is 0 Å². The Morgan fingerprint density at radius 1 is 1.03 bits per heavy atom. The molecule has 0 spiro atoms. The molecule has 0 atom stereocenters. The van der Waals surface area contributed by atoms with Crippen molar-refractivity contribution >= 4 is 29.4 Å². The van der Waals surface area contributed by atoms with Gasteiger partial charge in [-0.25, -0.2) is 0 Å². The highest BCUT2D eigenvalue weighted by Crippen LogP contribution is 2.33. The molecule has 0 aliphatic carbocycles. The average Bonchev–Trinajstić information content (AvgIpc) is 2.86. The van der Waals surface area contributed by atoms with Crippen LogP contribution in [0.15, 0.2) is 54.6 Å². The fraction of sp³-hybridized carbons (Fsp3) is 0.370. The number of hydrogen-bond donors (Lipinski definition) is 0. The van der Waals surface area contributed by atoms with E-state index in [1.165, 1.54) is 12.5 Å². The number of piperazine rings is 1. The highest BCUT2D eigenvalue weighted by atomic mass is 16.5. The van der Waals surface area contributed by atoms with Crippen molar-refractivity contribution in [1.82, 2.24) is 9.80 Å². The highest BCUT2D eigenvalue weighted by molar-refractivity contribution is 6.01. The topological polar surface area (TPSA) is 70.2 Å². The zero-order valence-electron chi connectivity index (χ0n) is 19.6. The van der Waals surface area contributed by atoms with Crippen molar-refractivity contribution in [2.24, 2.45) is 0 Å². The third-order valence-corrected chi connectivity index (χ3v) is 6.28. The number of nitrogens with zero attached hydrogens (tertiary/aromatic N) is 3. The van der Waals surface area contributed by atoms with Crippen molar-refractivity contribution in [3.8, 4) is 5.75 Å². The number of anilines is 1. The average molecular weight is 462 g/mol. The van der Waals surface area contributed by atoms with Crippen molar-refractivity contribution < 1.29 is 19.1 Å². The molecular formula is C27H31N3O4. The maximum Gasteiger partial charge on any atom is 0.265 e. The summed E-state index contributed by atoms with van der Waals surface area (Å²) in [5, 5.41) is 0. The molecule has 2 aromatic rings. The van der Waals surface area contributed by atoms with E-state index in [1.54, 1.807) is 23.1 Å². The van der Waals surface area contributed by atoms with E-state index in [0.717, 1.165) is 32.7 Å². The zero-order chi connectivity index (χ0) is 23.9. The van der Waals surface area contributed by atoms with Crippen LogP contribution in [0.25, 0.3) is 6.08 Å². The molecule has 0 unspecified atom stereocenters. The summed E-state index contributed by atoms with van der Waals surface area (Å²) in [5.74, 6) is 0.495. The Morgan fingerprint density at radius 2 is 1.79 bits per heavy atom. The second-order valence-corrected chi connectivity index (χ2v) is 8.67. The number of carbonyl (C=O) groups excluding carboxylic acids is 3. The van der Waals surface area contributed by atoms with Crippen molar-refractivity contribution in [1.29, 1.82) is 0 Å². The van der Waals surface area contributed by atoms with Gasteiger partial charge in [0.05, 0.1) is 5.69 Å². The van der Waals surface area contributed by atoms with Crippen LogP contribution in [-0.2, 0) is 9.59 Å². The third kappa shape index (κ3) is 5.91. The summed E-state index contributed by atoms with van der Waals surface area (Å²) in [4.78, 5) is 42.8. The van der Waals surface area contributed by atoms with Gasteiger partial charge >= 0.3 is 0 Å². The molecule has 0 N–H and O–H groups in total. The molecule has 7 nitrogen and oxygen atoms in total. The number of ketones is 1. The molecule has 2 aromatic carbocycles. The van der Waals surface area contributed by atoms with Crippen LogP contribution in [0.5, 0.6) is 5.75 Å². The summed E-state index contributed by atoms with van der Waals surface area (Å²) >= 11 is 0. The number of carbonyl (C=O) groups is 3. The van der Waals surface area contributed by atoms with Crippen molar-refractivity contribution in [2.75, 3.05) is 50.8 Å². The van der Waals surface area contributed by atoms with Crippen LogP contribution >= 0.6 is 0 Å². The summed E-state index contributed by atoms with van der Waals surface area (Å²) in [7, 11) is 0. The lowest BCUT2D eigenvalue weighted by Gasteiger charge is -2.34. The van der Waals surface area contributed by atoms with Crippen molar-refractivity contribution in [3.63, 3.8) is 0 Å². The third-order valence-electron chi connectivity index (χ3n) is 6.28. The van der Waals surface area contributed by atoms with Gasteiger partial charge in [0.15, 0.2) is 12.4 Å². The molecule has 2 aliphatic heterocycles. The van der Waals surface area contributed by atoms with Gasteiger partial charge in [0, 0.05) is 51.3 Å². The number of benzene rings is 2. The molecule has 2 amide bonds. The molecule has 34 heavy (non-hydrogen) atoms. The Morgan fingerprint density at radius 3 is 2.53 bits per heavy atom. The number of Topliss-reactive ketones (excluding diaryl/α,β-unsaturated/α-hetero) is 1. The Hall–Kier alpha value is -3.45. The first-order chi connectivity index (χ1) is 16.5. The van der Waals surface area contributed by atoms with Crippen LogP contribution in [0.4, 0.5) is 5.69 Å². The summed E-state index contributed by atoms with van der Waals surface area (Å²) < 4.78 is 5.50. The molecule has 0 bridgehead atoms. The number of amides is 2. The first kappa shape index (κ1) is 23.7. The van der Waals surface area contributed by atoms with Gasteiger partial charge in [0.1, 0.15) is 5.75 Å². The van der Waals surface area contributed by atoms with Crippen LogP contribution in [0, 0.1) is 0 Å². The van der Waals surface area contributed by atoms with Gasteiger partial charge in [-0.15, -0.1) is 0 Å². The first-order valence-corrected chi connectivity index (χ1v) is 11.8. The standard InChI is InChI=1S/C27H31N3O4/c1-21(31)23-11-12-25-24(19-23)30(27(33)20-34-25)14-6-10-26(32)29-17-15-28(16-18-29)13-5-9-22-7-3-2-4-8-22/h2-5,7-9,11-12,19H,6,10,13-18,20H2,1H3. The SMILES string of the molecule is CC(=O)c1ccc2c(c1)N(CCCC(=O)N1CCN(CC=Cc3ccccc3)CC1)C(=O)CO2. The van der Waals surface area contributed by atoms with E-state index < -0.39 is 0 Å². The van der Waals surface area contributed by atoms with Crippen LogP contribution < -0.4 is 9.64 Å². The van der Waals surface area contributed by atoms with E-state index in [4.69, 9.17) is 4.74 Å². The molecule has 0 radical (unpaired) electrons. The second-order valence-electron chi connectivity index (χ2n) is 8.67. The maximum absolute atomic E-state index is 12.7. The Labute approximate surface area is 200 Å². The molecule has 1 fully saturated rings. The normalized spacial score (nSPS) is 16.4. The van der Waals surface area contributed by atoms with Crippen molar-refractivity contribution in [3.05, 3.63) is 65.7 Å². The van der Waals surface area contributed by atoms with E-state index in [2.05, 4.69) is 29.2 Å². The lowest BCUT2D eigenvalue weighted by Crippen LogP contribution is -2.48. The molecule has 0 saturated carbocycles. The van der Waals surface area contributed by atoms with E-state index >= 15 is 0 Å². The van der Waals surface area contributed by atoms with Gasteiger partial charge in [-0.3, -0.25) is 19.3 Å². The smallest absolute Gasteiger partial charge is 0.265 e. The zero-order valence-corrected chi connectivity index (χ0v) is 19.6. The van der Waals surface area contributed by atoms with E-state index in [1.807, 2.05) is 23.1 Å². The van der Waals surface area contributed by atoms with Gasteiger partial charge in [0.2, 0.25) is 5.91 Å². The van der Waals surface area contributed by atoms with Gasteiger partial charge in [-0.1, -0.05) is 42.5 Å². The van der Waals surface area contributed by atoms with Crippen LogP contribution in [0.3, 0.4) is 0 Å². The van der Waals surface area contributed by atoms with Crippen LogP contribution in [0.1, 0.15) is 35.7 Å². The molecular weight excluding hydrogens is 430 g/mol. The minimum atomic E-state index is -0.155. The van der Waals surface area contributed by atoms with Crippen molar-refractivity contribution in [2.45, 2.75) is 19.8 Å². The van der Waals surface area contributed by atoms with E-state index in [0.29, 0.717) is 36.4 Å². The Balaban J connectivity index is 1.23. The Kier molecular flexibility index (Phi) is 7.75. The number of ether oxygens (including phenoxy) is 1. The number of fused-ring (bicyclic) bond motifs is 1. The predicted octanol–water partition coefficient (Wildman–Crippen LogP) is 3.25. The fourth-order valence-electron chi connectivity index (χ4n) is 4.29. The maximum atomic E-state index is 12.7. The molecule has 4 rings (SSSR count). The molecule has 178 valence electrons. The second kappa shape index (κ2) is 11.1. The lowest BCUT2D eigenvalue weighted by molar-refractivity contribution is -0.133.